The Balaban J connectivity index is 2.21. The molecule has 0 radical (unpaired) electrons. The number of ether oxygens (including phenoxy) is 2. The molecule has 1 aromatic carbocycles. The van der Waals surface area contributed by atoms with Gasteiger partial charge in [0.2, 0.25) is 6.79 Å². The molecule has 0 unspecified atom stereocenters. The predicted octanol–water partition coefficient (Wildman–Crippen LogP) is 2.02. The van der Waals surface area contributed by atoms with Gasteiger partial charge in [0.25, 0.3) is 0 Å². The van der Waals surface area contributed by atoms with Crippen LogP contribution >= 0.6 is 0 Å². The Morgan fingerprint density at radius 1 is 1.22 bits per heavy atom. The number of carboxylic acid groups (broad SMARTS) is 1. The van der Waals surface area contributed by atoms with Crippen molar-refractivity contribution in [1.29, 1.82) is 0 Å². The van der Waals surface area contributed by atoms with Crippen molar-refractivity contribution in [3.63, 3.8) is 0 Å². The van der Waals surface area contributed by atoms with Crippen LogP contribution in [0.4, 0.5) is 0 Å². The number of benzene rings is 1. The summed E-state index contributed by atoms with van der Waals surface area (Å²) in [7, 11) is 0. The third-order valence-corrected chi connectivity index (χ3v) is 3.86. The number of fused-ring (bicyclic) bond motifs is 1. The lowest BCUT2D eigenvalue weighted by molar-refractivity contribution is -0.143. The van der Waals surface area contributed by atoms with Crippen molar-refractivity contribution in [2.45, 2.75) is 31.1 Å². The zero-order valence-corrected chi connectivity index (χ0v) is 9.81. The van der Waals surface area contributed by atoms with E-state index in [0.29, 0.717) is 29.9 Å². The Hall–Kier alpha value is -1.91. The number of carbonyl (C=O) groups is 1. The van der Waals surface area contributed by atoms with E-state index in [1.54, 1.807) is 6.07 Å². The molecule has 0 aromatic heterocycles. The second-order valence-electron chi connectivity index (χ2n) is 4.79. The molecule has 5 heteroatoms. The van der Waals surface area contributed by atoms with Gasteiger partial charge < -0.3 is 19.7 Å². The average Bonchev–Trinajstić information content (AvgIpc) is 2.96. The number of phenols is 1. The number of phenolic OH excluding ortho intramolecular Hbond substituents is 1. The zero-order valence-electron chi connectivity index (χ0n) is 9.81. The molecule has 1 aliphatic carbocycles. The predicted molar refractivity (Wildman–Crippen MR) is 62.0 cm³/mol. The molecule has 1 aliphatic heterocycles. The van der Waals surface area contributed by atoms with E-state index >= 15 is 0 Å². The molecule has 2 aliphatic rings. The largest absolute Gasteiger partial charge is 0.507 e. The van der Waals surface area contributed by atoms with Crippen molar-refractivity contribution in [2.75, 3.05) is 6.79 Å². The highest BCUT2D eigenvalue weighted by molar-refractivity contribution is 5.85. The summed E-state index contributed by atoms with van der Waals surface area (Å²) >= 11 is 0. The summed E-state index contributed by atoms with van der Waals surface area (Å²) in [5.41, 5.74) is -0.661. The first-order valence-electron chi connectivity index (χ1n) is 6.00. The zero-order chi connectivity index (χ0) is 12.8. The van der Waals surface area contributed by atoms with Crippen LogP contribution in [0.2, 0.25) is 0 Å². The molecule has 5 nitrogen and oxygen atoms in total. The molecule has 0 bridgehead atoms. The van der Waals surface area contributed by atoms with Gasteiger partial charge in [-0.3, -0.25) is 4.79 Å². The van der Waals surface area contributed by atoms with Gasteiger partial charge in [-0.15, -0.1) is 0 Å². The summed E-state index contributed by atoms with van der Waals surface area (Å²) in [4.78, 5) is 11.7. The first-order valence-corrected chi connectivity index (χ1v) is 6.00. The summed E-state index contributed by atoms with van der Waals surface area (Å²) in [6.07, 6.45) is 2.73. The van der Waals surface area contributed by atoms with Crippen LogP contribution in [-0.4, -0.2) is 23.0 Å². The second kappa shape index (κ2) is 3.80. The van der Waals surface area contributed by atoms with Crippen LogP contribution in [0.25, 0.3) is 0 Å². The number of aromatic hydroxyl groups is 1. The fourth-order valence-electron chi connectivity index (χ4n) is 2.97. The average molecular weight is 250 g/mol. The standard InChI is InChI=1S/C13H14O5/c14-8-3-4-9-11(18-7-17-9)10(8)13(12(15)16)5-1-2-6-13/h3-4,14H,1-2,5-7H2,(H,15,16). The van der Waals surface area contributed by atoms with Crippen molar-refractivity contribution in [3.05, 3.63) is 17.7 Å². The molecule has 1 aromatic rings. The van der Waals surface area contributed by atoms with E-state index in [-0.39, 0.29) is 12.5 Å². The molecule has 0 atom stereocenters. The van der Waals surface area contributed by atoms with Crippen molar-refractivity contribution >= 4 is 5.97 Å². The van der Waals surface area contributed by atoms with Gasteiger partial charge in [0.05, 0.1) is 5.56 Å². The Morgan fingerprint density at radius 3 is 2.61 bits per heavy atom. The molecule has 2 N–H and O–H groups in total. The minimum Gasteiger partial charge on any atom is -0.507 e. The smallest absolute Gasteiger partial charge is 0.314 e. The summed E-state index contributed by atoms with van der Waals surface area (Å²) in [5, 5.41) is 19.6. The van der Waals surface area contributed by atoms with Gasteiger partial charge in [0, 0.05) is 0 Å². The maximum atomic E-state index is 11.7. The number of hydrogen-bond acceptors (Lipinski definition) is 4. The van der Waals surface area contributed by atoms with Gasteiger partial charge in [-0.1, -0.05) is 12.8 Å². The molecule has 1 fully saturated rings. The molecule has 1 heterocycles. The summed E-state index contributed by atoms with van der Waals surface area (Å²) in [5.74, 6) is -0.0302. The summed E-state index contributed by atoms with van der Waals surface area (Å²) < 4.78 is 10.6. The summed E-state index contributed by atoms with van der Waals surface area (Å²) in [6, 6.07) is 3.08. The summed E-state index contributed by atoms with van der Waals surface area (Å²) in [6.45, 7) is 0.0709. The highest BCUT2D eigenvalue weighted by Gasteiger charge is 2.48. The van der Waals surface area contributed by atoms with Crippen LogP contribution in [-0.2, 0) is 10.2 Å². The molecule has 0 saturated heterocycles. The number of hydrogen-bond donors (Lipinski definition) is 2. The Morgan fingerprint density at radius 2 is 1.94 bits per heavy atom. The van der Waals surface area contributed by atoms with Crippen LogP contribution < -0.4 is 9.47 Å². The molecule has 3 rings (SSSR count). The maximum absolute atomic E-state index is 11.7. The molecule has 0 spiro atoms. The highest BCUT2D eigenvalue weighted by Crippen LogP contribution is 2.52. The minimum atomic E-state index is -1.04. The highest BCUT2D eigenvalue weighted by atomic mass is 16.7. The molecular formula is C13H14O5. The number of carboxylic acids is 1. The lowest BCUT2D eigenvalue weighted by Crippen LogP contribution is -2.33. The van der Waals surface area contributed by atoms with Crippen LogP contribution in [0.1, 0.15) is 31.2 Å². The minimum absolute atomic E-state index is 0.0245. The van der Waals surface area contributed by atoms with Gasteiger partial charge in [-0.2, -0.15) is 0 Å². The van der Waals surface area contributed by atoms with Gasteiger partial charge >= 0.3 is 5.97 Å². The fourth-order valence-corrected chi connectivity index (χ4v) is 2.97. The van der Waals surface area contributed by atoms with E-state index in [2.05, 4.69) is 0 Å². The van der Waals surface area contributed by atoms with E-state index in [1.807, 2.05) is 0 Å². The fraction of sp³-hybridized carbons (Fsp3) is 0.462. The quantitative estimate of drug-likeness (QED) is 0.839. The number of rotatable bonds is 2. The van der Waals surface area contributed by atoms with Gasteiger partial charge in [0.15, 0.2) is 11.5 Å². The van der Waals surface area contributed by atoms with Crippen molar-refractivity contribution < 1.29 is 24.5 Å². The van der Waals surface area contributed by atoms with Crippen LogP contribution in [0.3, 0.4) is 0 Å². The van der Waals surface area contributed by atoms with Crippen molar-refractivity contribution in [3.8, 4) is 17.2 Å². The Kier molecular flexibility index (Phi) is 2.36. The van der Waals surface area contributed by atoms with Crippen LogP contribution in [0.5, 0.6) is 17.2 Å². The maximum Gasteiger partial charge on any atom is 0.314 e. The van der Waals surface area contributed by atoms with E-state index in [9.17, 15) is 15.0 Å². The van der Waals surface area contributed by atoms with Gasteiger partial charge in [-0.05, 0) is 25.0 Å². The Bertz CT molecular complexity index is 502. The number of aliphatic carboxylic acids is 1. The SMILES string of the molecule is O=C(O)C1(c2c(O)ccc3c2OCO3)CCCC1. The molecular weight excluding hydrogens is 236 g/mol. The first kappa shape index (κ1) is 11.2. The second-order valence-corrected chi connectivity index (χ2v) is 4.79. The van der Waals surface area contributed by atoms with Crippen molar-refractivity contribution in [1.82, 2.24) is 0 Å². The van der Waals surface area contributed by atoms with E-state index in [4.69, 9.17) is 9.47 Å². The lowest BCUT2D eigenvalue weighted by atomic mass is 9.77. The molecule has 96 valence electrons. The molecule has 18 heavy (non-hydrogen) atoms. The third kappa shape index (κ3) is 1.36. The van der Waals surface area contributed by atoms with Crippen LogP contribution in [0.15, 0.2) is 12.1 Å². The van der Waals surface area contributed by atoms with E-state index < -0.39 is 11.4 Å². The monoisotopic (exact) mass is 250 g/mol. The van der Waals surface area contributed by atoms with E-state index in [0.717, 1.165) is 12.8 Å². The van der Waals surface area contributed by atoms with Crippen LogP contribution in [0, 0.1) is 0 Å². The topological polar surface area (TPSA) is 76.0 Å². The normalized spacial score (nSPS) is 20.0. The first-order chi connectivity index (χ1) is 8.65. The van der Waals surface area contributed by atoms with Gasteiger partial charge in [0.1, 0.15) is 11.2 Å². The molecule has 0 amide bonds. The van der Waals surface area contributed by atoms with E-state index in [1.165, 1.54) is 6.07 Å². The van der Waals surface area contributed by atoms with Gasteiger partial charge in [-0.25, -0.2) is 0 Å². The third-order valence-electron chi connectivity index (χ3n) is 3.86. The lowest BCUT2D eigenvalue weighted by Gasteiger charge is -2.26. The molecule has 1 saturated carbocycles. The Labute approximate surface area is 104 Å². The van der Waals surface area contributed by atoms with Crippen molar-refractivity contribution in [2.24, 2.45) is 0 Å².